The van der Waals surface area contributed by atoms with Crippen LogP contribution >= 0.6 is 11.3 Å². The van der Waals surface area contributed by atoms with Crippen molar-refractivity contribution >= 4 is 22.9 Å². The number of hydrogen-bond donors (Lipinski definition) is 1. The maximum Gasteiger partial charge on any atom is 0.284 e. The van der Waals surface area contributed by atoms with E-state index in [0.717, 1.165) is 0 Å². The SMILES string of the molecule is O=C(Nc1cccc(Oc2cccnc2)c1)c1nccs1. The van der Waals surface area contributed by atoms with Gasteiger partial charge in [-0.3, -0.25) is 9.78 Å². The van der Waals surface area contributed by atoms with Gasteiger partial charge in [0.1, 0.15) is 11.5 Å². The number of aromatic nitrogens is 2. The van der Waals surface area contributed by atoms with Gasteiger partial charge >= 0.3 is 0 Å². The van der Waals surface area contributed by atoms with E-state index in [2.05, 4.69) is 15.3 Å². The Kier molecular flexibility index (Phi) is 3.88. The Morgan fingerprint density at radius 3 is 2.81 bits per heavy atom. The van der Waals surface area contributed by atoms with Crippen molar-refractivity contribution < 1.29 is 9.53 Å². The Balaban J connectivity index is 1.73. The topological polar surface area (TPSA) is 64.1 Å². The van der Waals surface area contributed by atoms with Gasteiger partial charge < -0.3 is 10.1 Å². The van der Waals surface area contributed by atoms with Crippen molar-refractivity contribution in [2.24, 2.45) is 0 Å². The van der Waals surface area contributed by atoms with Crippen LogP contribution in [-0.4, -0.2) is 15.9 Å². The van der Waals surface area contributed by atoms with Gasteiger partial charge in [-0.2, -0.15) is 0 Å². The molecular weight excluding hydrogens is 286 g/mol. The van der Waals surface area contributed by atoms with Gasteiger partial charge in [-0.1, -0.05) is 6.07 Å². The van der Waals surface area contributed by atoms with E-state index in [1.165, 1.54) is 11.3 Å². The summed E-state index contributed by atoms with van der Waals surface area (Å²) in [5, 5.41) is 4.97. The number of amides is 1. The van der Waals surface area contributed by atoms with Crippen molar-refractivity contribution in [3.63, 3.8) is 0 Å². The van der Waals surface area contributed by atoms with E-state index in [4.69, 9.17) is 4.74 Å². The lowest BCUT2D eigenvalue weighted by molar-refractivity contribution is 0.102. The molecule has 2 heterocycles. The van der Waals surface area contributed by atoms with E-state index in [0.29, 0.717) is 22.2 Å². The second-order valence-electron chi connectivity index (χ2n) is 4.11. The van der Waals surface area contributed by atoms with Gasteiger partial charge in [-0.05, 0) is 24.3 Å². The first kappa shape index (κ1) is 13.3. The summed E-state index contributed by atoms with van der Waals surface area (Å²) in [5.74, 6) is 1.03. The van der Waals surface area contributed by atoms with Gasteiger partial charge in [0.05, 0.1) is 6.20 Å². The van der Waals surface area contributed by atoms with Crippen LogP contribution in [-0.2, 0) is 0 Å². The van der Waals surface area contributed by atoms with E-state index in [-0.39, 0.29) is 5.91 Å². The average molecular weight is 297 g/mol. The highest BCUT2D eigenvalue weighted by molar-refractivity contribution is 7.11. The molecule has 21 heavy (non-hydrogen) atoms. The standard InChI is InChI=1S/C15H11N3O2S/c19-14(15-17-7-8-21-15)18-11-3-1-4-12(9-11)20-13-5-2-6-16-10-13/h1-10H,(H,18,19). The fraction of sp³-hybridized carbons (Fsp3) is 0. The number of nitrogens with one attached hydrogen (secondary N) is 1. The minimum atomic E-state index is -0.233. The molecule has 6 heteroatoms. The van der Waals surface area contributed by atoms with Crippen molar-refractivity contribution in [3.05, 3.63) is 65.4 Å². The van der Waals surface area contributed by atoms with Gasteiger partial charge in [-0.25, -0.2) is 4.98 Å². The van der Waals surface area contributed by atoms with Gasteiger partial charge in [0.2, 0.25) is 0 Å². The number of rotatable bonds is 4. The Morgan fingerprint density at radius 1 is 1.14 bits per heavy atom. The zero-order chi connectivity index (χ0) is 14.5. The van der Waals surface area contributed by atoms with Crippen LogP contribution < -0.4 is 10.1 Å². The molecule has 1 aromatic carbocycles. The van der Waals surface area contributed by atoms with Crippen LogP contribution in [0.3, 0.4) is 0 Å². The molecule has 0 unspecified atom stereocenters. The van der Waals surface area contributed by atoms with Crippen molar-refractivity contribution in [2.45, 2.75) is 0 Å². The lowest BCUT2D eigenvalue weighted by atomic mass is 10.3. The lowest BCUT2D eigenvalue weighted by Gasteiger charge is -2.07. The van der Waals surface area contributed by atoms with Crippen LogP contribution in [0.25, 0.3) is 0 Å². The molecule has 3 aromatic rings. The van der Waals surface area contributed by atoms with E-state index in [1.807, 2.05) is 18.2 Å². The molecule has 0 saturated carbocycles. The molecule has 1 amide bonds. The maximum atomic E-state index is 11.9. The Bertz CT molecular complexity index is 730. The number of nitrogens with zero attached hydrogens (tertiary/aromatic N) is 2. The van der Waals surface area contributed by atoms with Crippen molar-refractivity contribution in [1.82, 2.24) is 9.97 Å². The van der Waals surface area contributed by atoms with Crippen LogP contribution in [0.5, 0.6) is 11.5 Å². The fourth-order valence-electron chi connectivity index (χ4n) is 1.70. The normalized spacial score (nSPS) is 10.1. The first-order valence-electron chi connectivity index (χ1n) is 6.20. The predicted molar refractivity (Wildman–Crippen MR) is 80.8 cm³/mol. The third-order valence-electron chi connectivity index (χ3n) is 2.59. The molecular formula is C15H11N3O2S. The predicted octanol–water partition coefficient (Wildman–Crippen LogP) is 3.58. The lowest BCUT2D eigenvalue weighted by Crippen LogP contribution is -2.11. The number of benzene rings is 1. The summed E-state index contributed by atoms with van der Waals surface area (Å²) in [6.45, 7) is 0. The highest BCUT2D eigenvalue weighted by Gasteiger charge is 2.09. The van der Waals surface area contributed by atoms with Crippen LogP contribution in [0.2, 0.25) is 0 Å². The third kappa shape index (κ3) is 3.43. The molecule has 0 atom stereocenters. The summed E-state index contributed by atoms with van der Waals surface area (Å²) in [7, 11) is 0. The van der Waals surface area contributed by atoms with Crippen molar-refractivity contribution in [3.8, 4) is 11.5 Å². The van der Waals surface area contributed by atoms with E-state index in [9.17, 15) is 4.79 Å². The molecule has 0 fully saturated rings. The quantitative estimate of drug-likeness (QED) is 0.799. The molecule has 0 aliphatic heterocycles. The molecule has 0 radical (unpaired) electrons. The number of anilines is 1. The van der Waals surface area contributed by atoms with Gasteiger partial charge in [-0.15, -0.1) is 11.3 Å². The molecule has 0 spiro atoms. The molecule has 1 N–H and O–H groups in total. The molecule has 0 bridgehead atoms. The Labute approximate surface area is 125 Å². The molecule has 5 nitrogen and oxygen atoms in total. The number of carbonyl (C=O) groups is 1. The van der Waals surface area contributed by atoms with E-state index >= 15 is 0 Å². The van der Waals surface area contributed by atoms with Gasteiger partial charge in [0.25, 0.3) is 5.91 Å². The first-order chi connectivity index (χ1) is 10.3. The maximum absolute atomic E-state index is 11.9. The number of hydrogen-bond acceptors (Lipinski definition) is 5. The highest BCUT2D eigenvalue weighted by Crippen LogP contribution is 2.23. The Morgan fingerprint density at radius 2 is 2.05 bits per heavy atom. The smallest absolute Gasteiger partial charge is 0.284 e. The monoisotopic (exact) mass is 297 g/mol. The molecule has 0 aliphatic rings. The summed E-state index contributed by atoms with van der Waals surface area (Å²) in [6, 6.07) is 10.8. The summed E-state index contributed by atoms with van der Waals surface area (Å²) in [5.41, 5.74) is 0.650. The van der Waals surface area contributed by atoms with Gasteiger partial charge in [0.15, 0.2) is 5.01 Å². The zero-order valence-corrected chi connectivity index (χ0v) is 11.7. The van der Waals surface area contributed by atoms with Crippen molar-refractivity contribution in [1.29, 1.82) is 0 Å². The Hall–Kier alpha value is -2.73. The summed E-state index contributed by atoms with van der Waals surface area (Å²) < 4.78 is 5.66. The molecule has 104 valence electrons. The molecule has 3 rings (SSSR count). The van der Waals surface area contributed by atoms with E-state index in [1.54, 1.807) is 42.2 Å². The fourth-order valence-corrected chi connectivity index (χ4v) is 2.23. The second-order valence-corrected chi connectivity index (χ2v) is 5.00. The molecule has 2 aromatic heterocycles. The minimum Gasteiger partial charge on any atom is -0.456 e. The first-order valence-corrected chi connectivity index (χ1v) is 7.08. The largest absolute Gasteiger partial charge is 0.456 e. The summed E-state index contributed by atoms with van der Waals surface area (Å²) in [6.07, 6.45) is 4.90. The number of ether oxygens (including phenoxy) is 1. The van der Waals surface area contributed by atoms with Crippen LogP contribution in [0.4, 0.5) is 5.69 Å². The van der Waals surface area contributed by atoms with Gasteiger partial charge in [0, 0.05) is 29.5 Å². The minimum absolute atomic E-state index is 0.233. The highest BCUT2D eigenvalue weighted by atomic mass is 32.1. The zero-order valence-electron chi connectivity index (χ0n) is 10.9. The third-order valence-corrected chi connectivity index (χ3v) is 3.36. The van der Waals surface area contributed by atoms with Crippen molar-refractivity contribution in [2.75, 3.05) is 5.32 Å². The molecule has 0 saturated heterocycles. The van der Waals surface area contributed by atoms with Crippen LogP contribution in [0, 0.1) is 0 Å². The average Bonchev–Trinajstić information content (AvgIpc) is 3.03. The number of thiazole rings is 1. The molecule has 0 aliphatic carbocycles. The second kappa shape index (κ2) is 6.15. The number of pyridine rings is 1. The van der Waals surface area contributed by atoms with Crippen LogP contribution in [0.15, 0.2) is 60.4 Å². The number of carbonyl (C=O) groups excluding carboxylic acids is 1. The van der Waals surface area contributed by atoms with Crippen LogP contribution in [0.1, 0.15) is 9.80 Å². The summed E-state index contributed by atoms with van der Waals surface area (Å²) in [4.78, 5) is 19.9. The van der Waals surface area contributed by atoms with E-state index < -0.39 is 0 Å². The summed E-state index contributed by atoms with van der Waals surface area (Å²) >= 11 is 1.29.